The van der Waals surface area contributed by atoms with Crippen molar-refractivity contribution in [2.75, 3.05) is 5.32 Å². The number of rotatable bonds is 3. The van der Waals surface area contributed by atoms with Crippen LogP contribution in [-0.2, 0) is 11.8 Å². The summed E-state index contributed by atoms with van der Waals surface area (Å²) in [4.78, 5) is 15.9. The molecule has 0 aliphatic heterocycles. The lowest BCUT2D eigenvalue weighted by Gasteiger charge is -2.04. The molecule has 1 aromatic heterocycles. The smallest absolute Gasteiger partial charge is 0.224 e. The first-order valence-corrected chi connectivity index (χ1v) is 5.93. The van der Waals surface area contributed by atoms with Gasteiger partial charge >= 0.3 is 0 Å². The highest BCUT2D eigenvalue weighted by Crippen LogP contribution is 2.32. The number of aromatic nitrogens is 2. The lowest BCUT2D eigenvalue weighted by Crippen LogP contribution is -2.11. The van der Waals surface area contributed by atoms with E-state index in [4.69, 9.17) is 0 Å². The summed E-state index contributed by atoms with van der Waals surface area (Å²) in [5.74, 6) is 0.733. The summed E-state index contributed by atoms with van der Waals surface area (Å²) in [7, 11) is 1.96. The Kier molecular flexibility index (Phi) is 2.35. The maximum absolute atomic E-state index is 11.7. The lowest BCUT2D eigenvalue weighted by atomic mass is 10.2. The van der Waals surface area contributed by atoms with Gasteiger partial charge in [0, 0.05) is 19.2 Å². The minimum atomic E-state index is 0.114. The van der Waals surface area contributed by atoms with E-state index in [9.17, 15) is 4.79 Å². The molecule has 3 rings (SSSR count). The maximum atomic E-state index is 11.7. The third-order valence-corrected chi connectivity index (χ3v) is 3.18. The summed E-state index contributed by atoms with van der Waals surface area (Å²) in [6.07, 6.45) is 4.83. The molecule has 1 aliphatic carbocycles. The lowest BCUT2D eigenvalue weighted by molar-refractivity contribution is -0.116. The van der Waals surface area contributed by atoms with Gasteiger partial charge in [-0.1, -0.05) is 0 Å². The van der Waals surface area contributed by atoms with Gasteiger partial charge in [-0.2, -0.15) is 0 Å². The van der Waals surface area contributed by atoms with E-state index in [-0.39, 0.29) is 5.91 Å². The molecule has 0 unspecified atom stereocenters. The Morgan fingerprint density at radius 1 is 1.53 bits per heavy atom. The van der Waals surface area contributed by atoms with E-state index in [0.29, 0.717) is 12.3 Å². The second-order valence-corrected chi connectivity index (χ2v) is 4.75. The number of hydrogen-bond donors (Lipinski definition) is 1. The number of imidazole rings is 1. The van der Waals surface area contributed by atoms with Crippen molar-refractivity contribution in [1.29, 1.82) is 0 Å². The van der Waals surface area contributed by atoms with Gasteiger partial charge in [-0.15, -0.1) is 0 Å². The molecule has 0 bridgehead atoms. The fraction of sp³-hybridized carbons (Fsp3) is 0.385. The van der Waals surface area contributed by atoms with Crippen LogP contribution in [0.15, 0.2) is 24.5 Å². The maximum Gasteiger partial charge on any atom is 0.224 e. The van der Waals surface area contributed by atoms with Crippen molar-refractivity contribution in [2.45, 2.75) is 19.3 Å². The zero-order chi connectivity index (χ0) is 11.8. The van der Waals surface area contributed by atoms with E-state index in [0.717, 1.165) is 16.7 Å². The van der Waals surface area contributed by atoms with Crippen LogP contribution in [0, 0.1) is 5.92 Å². The summed E-state index contributed by atoms with van der Waals surface area (Å²) in [6.45, 7) is 0. The molecule has 0 atom stereocenters. The van der Waals surface area contributed by atoms with E-state index in [1.807, 2.05) is 29.8 Å². The zero-order valence-electron chi connectivity index (χ0n) is 9.81. The molecular formula is C13H15N3O. The minimum Gasteiger partial charge on any atom is -0.334 e. The number of carbonyl (C=O) groups excluding carboxylic acids is 1. The first-order chi connectivity index (χ1) is 8.22. The average molecular weight is 229 g/mol. The molecule has 1 aromatic carbocycles. The number of hydrogen-bond acceptors (Lipinski definition) is 2. The molecule has 0 saturated heterocycles. The molecule has 1 aliphatic rings. The molecule has 17 heavy (non-hydrogen) atoms. The van der Waals surface area contributed by atoms with E-state index >= 15 is 0 Å². The molecule has 4 nitrogen and oxygen atoms in total. The van der Waals surface area contributed by atoms with Gasteiger partial charge in [0.1, 0.15) is 0 Å². The van der Waals surface area contributed by atoms with Gasteiger partial charge in [0.25, 0.3) is 0 Å². The van der Waals surface area contributed by atoms with Crippen LogP contribution < -0.4 is 5.32 Å². The quantitative estimate of drug-likeness (QED) is 0.877. The average Bonchev–Trinajstić information content (AvgIpc) is 3.03. The van der Waals surface area contributed by atoms with Gasteiger partial charge in [0.05, 0.1) is 17.4 Å². The number of carbonyl (C=O) groups is 1. The van der Waals surface area contributed by atoms with Crippen LogP contribution >= 0.6 is 0 Å². The number of anilines is 1. The highest BCUT2D eigenvalue weighted by Gasteiger charge is 2.24. The van der Waals surface area contributed by atoms with Crippen molar-refractivity contribution < 1.29 is 4.79 Å². The van der Waals surface area contributed by atoms with Crippen LogP contribution in [-0.4, -0.2) is 15.5 Å². The number of aryl methyl sites for hydroxylation is 1. The van der Waals surface area contributed by atoms with Crippen molar-refractivity contribution >= 4 is 22.6 Å². The summed E-state index contributed by atoms with van der Waals surface area (Å²) in [5.41, 5.74) is 2.82. The Morgan fingerprint density at radius 2 is 2.35 bits per heavy atom. The fourth-order valence-electron chi connectivity index (χ4n) is 2.01. The Bertz CT molecular complexity index is 569. The topological polar surface area (TPSA) is 46.9 Å². The second-order valence-electron chi connectivity index (χ2n) is 4.75. The second kappa shape index (κ2) is 3.87. The van der Waals surface area contributed by atoms with Crippen molar-refractivity contribution in [2.24, 2.45) is 13.0 Å². The molecule has 0 radical (unpaired) electrons. The molecule has 4 heteroatoms. The highest BCUT2D eigenvalue weighted by atomic mass is 16.1. The number of nitrogens with zero attached hydrogens (tertiary/aromatic N) is 2. The third kappa shape index (κ3) is 2.16. The summed E-state index contributed by atoms with van der Waals surface area (Å²) >= 11 is 0. The van der Waals surface area contributed by atoms with Crippen molar-refractivity contribution in [1.82, 2.24) is 9.55 Å². The van der Waals surface area contributed by atoms with E-state index in [1.165, 1.54) is 12.8 Å². The number of nitrogens with one attached hydrogen (secondary N) is 1. The summed E-state index contributed by atoms with van der Waals surface area (Å²) in [5, 5.41) is 2.93. The monoisotopic (exact) mass is 229 g/mol. The standard InChI is InChI=1S/C13H15N3O/c1-16-8-14-11-7-10(4-5-12(11)16)15-13(17)6-9-2-3-9/h4-5,7-9H,2-3,6H2,1H3,(H,15,17). The largest absolute Gasteiger partial charge is 0.334 e. The van der Waals surface area contributed by atoms with Gasteiger partial charge in [-0.05, 0) is 37.0 Å². The molecule has 1 saturated carbocycles. The number of fused-ring (bicyclic) bond motifs is 1. The van der Waals surface area contributed by atoms with Gasteiger partial charge < -0.3 is 9.88 Å². The van der Waals surface area contributed by atoms with Gasteiger partial charge in [0.15, 0.2) is 0 Å². The normalized spacial score (nSPS) is 15.1. The predicted octanol–water partition coefficient (Wildman–Crippen LogP) is 2.31. The van der Waals surface area contributed by atoms with Crippen LogP contribution in [0.2, 0.25) is 0 Å². The first-order valence-electron chi connectivity index (χ1n) is 5.93. The van der Waals surface area contributed by atoms with Crippen molar-refractivity contribution in [3.8, 4) is 0 Å². The Morgan fingerprint density at radius 3 is 3.12 bits per heavy atom. The molecule has 1 fully saturated rings. The van der Waals surface area contributed by atoms with Crippen LogP contribution in [0.3, 0.4) is 0 Å². The Balaban J connectivity index is 1.77. The molecule has 88 valence electrons. The number of benzene rings is 1. The fourth-order valence-corrected chi connectivity index (χ4v) is 2.01. The SMILES string of the molecule is Cn1cnc2cc(NC(=O)CC3CC3)ccc21. The third-order valence-electron chi connectivity index (χ3n) is 3.18. The molecule has 2 aromatic rings. The molecule has 0 spiro atoms. The van der Waals surface area contributed by atoms with Gasteiger partial charge in [-0.25, -0.2) is 4.98 Å². The van der Waals surface area contributed by atoms with E-state index in [1.54, 1.807) is 6.33 Å². The molecule has 1 heterocycles. The predicted molar refractivity (Wildman–Crippen MR) is 66.7 cm³/mol. The molecular weight excluding hydrogens is 214 g/mol. The summed E-state index contributed by atoms with van der Waals surface area (Å²) in [6, 6.07) is 5.82. The Hall–Kier alpha value is -1.84. The highest BCUT2D eigenvalue weighted by molar-refractivity contribution is 5.93. The van der Waals surface area contributed by atoms with Crippen LogP contribution in [0.5, 0.6) is 0 Å². The van der Waals surface area contributed by atoms with Crippen LogP contribution in [0.1, 0.15) is 19.3 Å². The van der Waals surface area contributed by atoms with Crippen LogP contribution in [0.25, 0.3) is 11.0 Å². The Labute approximate surface area is 99.6 Å². The van der Waals surface area contributed by atoms with E-state index in [2.05, 4.69) is 10.3 Å². The molecule has 1 amide bonds. The van der Waals surface area contributed by atoms with Crippen molar-refractivity contribution in [3.05, 3.63) is 24.5 Å². The van der Waals surface area contributed by atoms with Crippen molar-refractivity contribution in [3.63, 3.8) is 0 Å². The van der Waals surface area contributed by atoms with Crippen LogP contribution in [0.4, 0.5) is 5.69 Å². The zero-order valence-corrected chi connectivity index (χ0v) is 9.81. The first kappa shape index (κ1) is 10.3. The van der Waals surface area contributed by atoms with Gasteiger partial charge in [-0.3, -0.25) is 4.79 Å². The minimum absolute atomic E-state index is 0.114. The van der Waals surface area contributed by atoms with E-state index < -0.39 is 0 Å². The summed E-state index contributed by atoms with van der Waals surface area (Å²) < 4.78 is 1.96. The van der Waals surface area contributed by atoms with Gasteiger partial charge in [0.2, 0.25) is 5.91 Å². The molecule has 1 N–H and O–H groups in total. The number of amides is 1.